The van der Waals surface area contributed by atoms with Gasteiger partial charge in [-0.2, -0.15) is 0 Å². The lowest BCUT2D eigenvalue weighted by Gasteiger charge is -2.34. The normalized spacial score (nSPS) is 12.7. The average Bonchev–Trinajstić information content (AvgIpc) is 3.20. The van der Waals surface area contributed by atoms with Gasteiger partial charge in [0.15, 0.2) is 28.8 Å². The number of rotatable bonds is 8. The molecule has 0 fully saturated rings. The number of aryl methyl sites for hydroxylation is 2. The fraction of sp³-hybridized carbons (Fsp3) is 0.158. The summed E-state index contributed by atoms with van der Waals surface area (Å²) in [7, 11) is 2.19. The molecule has 2 heterocycles. The second kappa shape index (κ2) is 15.3. The SMILES string of the molecule is Cn1c(=O)c(C(=O)N(c2c(O)c(O)c(O)c(Oc3ccc4c(c(O)c(C(=O)N(c5c(O)c(O)c(O)c(O)c5O)C(C)(N)O)c(=O)n4C)c3Cl)c2O)C(C)(O)O)c(O)c2c(Cl)cccc21. The highest BCUT2D eigenvalue weighted by Gasteiger charge is 2.44. The number of ether oxygens (including phenoxy) is 1. The molecule has 0 aliphatic heterocycles. The number of hydrogen-bond acceptors (Lipinski definition) is 20. The Hall–Kier alpha value is -7.74. The second-order valence-corrected chi connectivity index (χ2v) is 15.0. The number of halogens is 2. The first-order chi connectivity index (χ1) is 29.5. The van der Waals surface area contributed by atoms with Crippen molar-refractivity contribution < 1.29 is 85.8 Å². The van der Waals surface area contributed by atoms with Crippen LogP contribution < -0.4 is 31.4 Å². The number of anilines is 2. The minimum absolute atomic E-state index is 0.00691. The van der Waals surface area contributed by atoms with Gasteiger partial charge in [0.25, 0.3) is 28.8 Å². The number of aliphatic hydroxyl groups is 3. The Labute approximate surface area is 364 Å². The van der Waals surface area contributed by atoms with E-state index in [-0.39, 0.29) is 31.2 Å². The lowest BCUT2D eigenvalue weighted by molar-refractivity contribution is -0.138. The molecule has 0 aliphatic rings. The molecule has 0 radical (unpaired) electrons. The maximum Gasteiger partial charge on any atom is 0.272 e. The molecule has 338 valence electrons. The van der Waals surface area contributed by atoms with Gasteiger partial charge in [-0.3, -0.25) is 29.8 Å². The molecule has 26 heteroatoms. The molecule has 2 amide bonds. The van der Waals surface area contributed by atoms with Crippen molar-refractivity contribution in [2.24, 2.45) is 19.8 Å². The molecule has 6 rings (SSSR count). The number of carbonyl (C=O) groups is 2. The Balaban J connectivity index is 1.56. The van der Waals surface area contributed by atoms with E-state index in [0.29, 0.717) is 18.4 Å². The zero-order chi connectivity index (χ0) is 48.1. The minimum Gasteiger partial charge on any atom is -0.506 e. The van der Waals surface area contributed by atoms with Crippen LogP contribution in [0.5, 0.6) is 74.7 Å². The van der Waals surface area contributed by atoms with Gasteiger partial charge >= 0.3 is 0 Å². The average molecular weight is 935 g/mol. The van der Waals surface area contributed by atoms with E-state index in [4.69, 9.17) is 33.7 Å². The van der Waals surface area contributed by atoms with Gasteiger partial charge in [-0.15, -0.1) is 0 Å². The molecule has 1 unspecified atom stereocenters. The molecule has 6 aromatic rings. The molecule has 0 saturated heterocycles. The zero-order valence-corrected chi connectivity index (χ0v) is 34.3. The highest BCUT2D eigenvalue weighted by Crippen LogP contribution is 2.59. The first-order valence-corrected chi connectivity index (χ1v) is 18.3. The van der Waals surface area contributed by atoms with Crippen LogP contribution in [0, 0.1) is 0 Å². The largest absolute Gasteiger partial charge is 0.506 e. The fourth-order valence-electron chi connectivity index (χ4n) is 6.78. The third-order valence-electron chi connectivity index (χ3n) is 9.83. The molecule has 0 aliphatic carbocycles. The van der Waals surface area contributed by atoms with E-state index in [1.165, 1.54) is 18.2 Å². The summed E-state index contributed by atoms with van der Waals surface area (Å²) in [4.78, 5) is 55.0. The Bertz CT molecular complexity index is 3140. The number of amides is 2. The Kier molecular flexibility index (Phi) is 10.9. The Morgan fingerprint density at radius 1 is 0.594 bits per heavy atom. The van der Waals surface area contributed by atoms with Gasteiger partial charge in [-0.1, -0.05) is 29.3 Å². The van der Waals surface area contributed by atoms with Crippen LogP contribution in [0.3, 0.4) is 0 Å². The number of pyridine rings is 2. The van der Waals surface area contributed by atoms with Gasteiger partial charge in [0.1, 0.15) is 39.8 Å². The molecule has 4 aromatic carbocycles. The number of aromatic nitrogens is 2. The summed E-state index contributed by atoms with van der Waals surface area (Å²) in [6.45, 7) is 1.13. The van der Waals surface area contributed by atoms with Gasteiger partial charge in [0.2, 0.25) is 34.5 Å². The summed E-state index contributed by atoms with van der Waals surface area (Å²) in [5.41, 5.74) is -2.69. The van der Waals surface area contributed by atoms with Crippen LogP contribution in [-0.4, -0.2) is 104 Å². The maximum atomic E-state index is 14.2. The molecule has 16 N–H and O–H groups in total. The van der Waals surface area contributed by atoms with Gasteiger partial charge in [0.05, 0.1) is 31.9 Å². The van der Waals surface area contributed by atoms with Crippen molar-refractivity contribution >= 4 is 68.2 Å². The third-order valence-corrected chi connectivity index (χ3v) is 10.5. The van der Waals surface area contributed by atoms with Crippen molar-refractivity contribution in [3.05, 3.63) is 72.2 Å². The first kappa shape index (κ1) is 45.8. The number of phenolic OH excluding ortho intramolecular Hbond substituents is 9. The standard InChI is InChI=1S/C38H33Cl2N5O19/c1-37(41,61)44(19-23(48)27(52)30(55)28(53)24(19)49)35(59)17-22(47)15-12(43(4)34(17)58)8-9-13(18(15)40)64-32-26(51)20(25(50)29(54)31(32)56)45(38(2,62)63)36(60)16-21(46)14-10(39)6-5-7-11(14)42(3)33(16)57/h5-9,46-56,61-63H,41H2,1-4H3. The lowest BCUT2D eigenvalue weighted by atomic mass is 10.1. The molecule has 64 heavy (non-hydrogen) atoms. The van der Waals surface area contributed by atoms with Gasteiger partial charge < -0.3 is 85.4 Å². The van der Waals surface area contributed by atoms with Crippen LogP contribution >= 0.6 is 23.2 Å². The minimum atomic E-state index is -3.56. The second-order valence-electron chi connectivity index (χ2n) is 14.2. The number of nitrogens with two attached hydrogens (primary N) is 1. The predicted octanol–water partition coefficient (Wildman–Crippen LogP) is 1.83. The van der Waals surface area contributed by atoms with Crippen molar-refractivity contribution in [3.63, 3.8) is 0 Å². The quantitative estimate of drug-likeness (QED) is 0.0588. The Morgan fingerprint density at radius 3 is 1.50 bits per heavy atom. The van der Waals surface area contributed by atoms with Crippen LogP contribution in [0.25, 0.3) is 21.8 Å². The van der Waals surface area contributed by atoms with Gasteiger partial charge in [0, 0.05) is 21.0 Å². The first-order valence-electron chi connectivity index (χ1n) is 17.6. The number of carbonyl (C=O) groups excluding carboxylic acids is 2. The molecule has 0 saturated carbocycles. The molecular weight excluding hydrogens is 901 g/mol. The maximum absolute atomic E-state index is 14.2. The van der Waals surface area contributed by atoms with Crippen molar-refractivity contribution in [2.75, 3.05) is 9.80 Å². The van der Waals surface area contributed by atoms with Crippen LogP contribution in [0.15, 0.2) is 39.9 Å². The van der Waals surface area contributed by atoms with Crippen molar-refractivity contribution in [3.8, 4) is 74.7 Å². The molecule has 0 bridgehead atoms. The van der Waals surface area contributed by atoms with Crippen LogP contribution in [0.4, 0.5) is 11.4 Å². The summed E-state index contributed by atoms with van der Waals surface area (Å²) >= 11 is 12.9. The van der Waals surface area contributed by atoms with E-state index >= 15 is 0 Å². The van der Waals surface area contributed by atoms with E-state index in [0.717, 1.165) is 30.8 Å². The molecular formula is C38H33Cl2N5O19. The van der Waals surface area contributed by atoms with E-state index in [1.54, 1.807) is 0 Å². The van der Waals surface area contributed by atoms with Crippen LogP contribution in [-0.2, 0) is 14.1 Å². The number of benzene rings is 4. The molecule has 1 atom stereocenters. The van der Waals surface area contributed by atoms with Crippen molar-refractivity contribution in [1.82, 2.24) is 9.13 Å². The lowest BCUT2D eigenvalue weighted by Crippen LogP contribution is -2.57. The van der Waals surface area contributed by atoms with E-state index < -0.39 is 142 Å². The van der Waals surface area contributed by atoms with Crippen LogP contribution in [0.2, 0.25) is 10.0 Å². The number of aromatic hydroxyl groups is 11. The summed E-state index contributed by atoms with van der Waals surface area (Å²) in [5, 5.41) is 149. The number of hydrogen-bond donors (Lipinski definition) is 15. The highest BCUT2D eigenvalue weighted by atomic mass is 35.5. The van der Waals surface area contributed by atoms with Crippen molar-refractivity contribution in [1.29, 1.82) is 0 Å². The van der Waals surface area contributed by atoms with Crippen LogP contribution in [0.1, 0.15) is 34.6 Å². The smallest absolute Gasteiger partial charge is 0.272 e. The number of nitrogens with zero attached hydrogens (tertiary/aromatic N) is 4. The Morgan fingerprint density at radius 2 is 1.02 bits per heavy atom. The van der Waals surface area contributed by atoms with E-state index in [1.807, 2.05) is 0 Å². The zero-order valence-electron chi connectivity index (χ0n) is 32.8. The van der Waals surface area contributed by atoms with Gasteiger partial charge in [-0.05, 0) is 31.2 Å². The molecule has 2 aromatic heterocycles. The topological polar surface area (TPSA) is 403 Å². The molecule has 24 nitrogen and oxygen atoms in total. The van der Waals surface area contributed by atoms with Crippen molar-refractivity contribution in [2.45, 2.75) is 25.6 Å². The van der Waals surface area contributed by atoms with E-state index in [2.05, 4.69) is 0 Å². The highest BCUT2D eigenvalue weighted by molar-refractivity contribution is 6.38. The van der Waals surface area contributed by atoms with E-state index in [9.17, 15) is 90.7 Å². The van der Waals surface area contributed by atoms with Gasteiger partial charge in [-0.25, -0.2) is 4.90 Å². The summed E-state index contributed by atoms with van der Waals surface area (Å²) in [6.07, 6.45) is 0. The summed E-state index contributed by atoms with van der Waals surface area (Å²) in [5.74, 6) is -29.1. The number of fused-ring (bicyclic) bond motifs is 2. The summed E-state index contributed by atoms with van der Waals surface area (Å²) in [6, 6.07) is 5.94. The fourth-order valence-corrected chi connectivity index (χ4v) is 7.33. The number of phenols is 9. The molecule has 0 spiro atoms. The third kappa shape index (κ3) is 6.73. The predicted molar refractivity (Wildman–Crippen MR) is 221 cm³/mol. The monoisotopic (exact) mass is 933 g/mol. The summed E-state index contributed by atoms with van der Waals surface area (Å²) < 4.78 is 7.10.